The monoisotopic (exact) mass is 343 g/mol. The van der Waals surface area contributed by atoms with Gasteiger partial charge in [-0.1, -0.05) is 0 Å². The third kappa shape index (κ3) is 4.36. The zero-order chi connectivity index (χ0) is 17.6. The van der Waals surface area contributed by atoms with Crippen molar-refractivity contribution in [1.82, 2.24) is 15.3 Å². The van der Waals surface area contributed by atoms with E-state index < -0.39 is 5.91 Å². The molecule has 1 atom stereocenters. The Morgan fingerprint density at radius 3 is 2.80 bits per heavy atom. The van der Waals surface area contributed by atoms with Crippen molar-refractivity contribution in [2.24, 2.45) is 5.73 Å². The van der Waals surface area contributed by atoms with Crippen molar-refractivity contribution >= 4 is 17.5 Å². The van der Waals surface area contributed by atoms with E-state index in [9.17, 15) is 4.79 Å². The second-order valence-corrected chi connectivity index (χ2v) is 5.75. The zero-order valence-corrected chi connectivity index (χ0v) is 14.0. The molecule has 8 heteroatoms. The fourth-order valence-corrected chi connectivity index (χ4v) is 2.60. The quantitative estimate of drug-likeness (QED) is 0.698. The highest BCUT2D eigenvalue weighted by molar-refractivity contribution is 5.92. The number of rotatable bonds is 7. The van der Waals surface area contributed by atoms with Crippen molar-refractivity contribution < 1.29 is 14.3 Å². The van der Waals surface area contributed by atoms with Crippen LogP contribution in [0.3, 0.4) is 0 Å². The number of nitrogens with two attached hydrogens (primary N) is 1. The number of methoxy groups -OCH3 is 1. The predicted octanol–water partition coefficient (Wildman–Crippen LogP) is 1.46. The molecule has 1 fully saturated rings. The molecule has 1 aromatic carbocycles. The minimum absolute atomic E-state index is 0.257. The van der Waals surface area contributed by atoms with Crippen molar-refractivity contribution in [3.05, 3.63) is 36.2 Å². The molecule has 0 unspecified atom stereocenters. The van der Waals surface area contributed by atoms with E-state index in [0.29, 0.717) is 30.1 Å². The van der Waals surface area contributed by atoms with Crippen molar-refractivity contribution in [3.8, 4) is 11.5 Å². The SMILES string of the molecule is COc1cc(Nc2ncc(C(N)=O)cn2)ccc1OC[C@@H]1CCCN1. The first-order chi connectivity index (χ1) is 12.2. The average Bonchev–Trinajstić information content (AvgIpc) is 3.14. The Morgan fingerprint density at radius 2 is 2.16 bits per heavy atom. The van der Waals surface area contributed by atoms with Crippen LogP contribution in [0.5, 0.6) is 11.5 Å². The molecule has 2 aromatic rings. The largest absolute Gasteiger partial charge is 0.493 e. The molecule has 1 aliphatic heterocycles. The minimum atomic E-state index is -0.563. The Labute approximate surface area is 145 Å². The van der Waals surface area contributed by atoms with Gasteiger partial charge in [-0.25, -0.2) is 9.97 Å². The van der Waals surface area contributed by atoms with E-state index in [1.54, 1.807) is 7.11 Å². The summed E-state index contributed by atoms with van der Waals surface area (Å²) >= 11 is 0. The standard InChI is InChI=1S/C17H21N5O3/c1-24-15-7-12(22-17-20-8-11(9-21-17)16(18)23)4-5-14(15)25-10-13-3-2-6-19-13/h4-5,7-9,13,19H,2-3,6,10H2,1H3,(H2,18,23)(H,20,21,22)/t13-/m0/s1. The molecule has 2 heterocycles. The predicted molar refractivity (Wildman–Crippen MR) is 93.3 cm³/mol. The van der Waals surface area contributed by atoms with E-state index in [-0.39, 0.29) is 5.56 Å². The van der Waals surface area contributed by atoms with Gasteiger partial charge in [0, 0.05) is 30.2 Å². The summed E-state index contributed by atoms with van der Waals surface area (Å²) in [5.41, 5.74) is 6.17. The summed E-state index contributed by atoms with van der Waals surface area (Å²) in [6.45, 7) is 1.66. The fraction of sp³-hybridized carbons (Fsp3) is 0.353. The fourth-order valence-electron chi connectivity index (χ4n) is 2.60. The van der Waals surface area contributed by atoms with Crippen LogP contribution in [0.4, 0.5) is 11.6 Å². The molecule has 132 valence electrons. The Hall–Kier alpha value is -2.87. The van der Waals surface area contributed by atoms with E-state index in [1.807, 2.05) is 18.2 Å². The highest BCUT2D eigenvalue weighted by Crippen LogP contribution is 2.31. The zero-order valence-electron chi connectivity index (χ0n) is 14.0. The molecule has 0 aliphatic carbocycles. The second kappa shape index (κ2) is 7.80. The van der Waals surface area contributed by atoms with E-state index in [1.165, 1.54) is 18.8 Å². The van der Waals surface area contributed by atoms with Crippen LogP contribution in [0.2, 0.25) is 0 Å². The molecule has 1 aliphatic rings. The van der Waals surface area contributed by atoms with Gasteiger partial charge >= 0.3 is 0 Å². The van der Waals surface area contributed by atoms with Crippen LogP contribution in [0, 0.1) is 0 Å². The topological polar surface area (TPSA) is 111 Å². The Bertz CT molecular complexity index is 730. The number of nitrogens with zero attached hydrogens (tertiary/aromatic N) is 2. The number of benzene rings is 1. The molecule has 8 nitrogen and oxygen atoms in total. The van der Waals surface area contributed by atoms with Crippen LogP contribution in [-0.4, -0.2) is 42.2 Å². The van der Waals surface area contributed by atoms with Crippen LogP contribution in [0.15, 0.2) is 30.6 Å². The molecule has 4 N–H and O–H groups in total. The van der Waals surface area contributed by atoms with E-state index >= 15 is 0 Å². The van der Waals surface area contributed by atoms with Gasteiger partial charge in [0.05, 0.1) is 12.7 Å². The summed E-state index contributed by atoms with van der Waals surface area (Å²) in [7, 11) is 1.60. The summed E-state index contributed by atoms with van der Waals surface area (Å²) in [5.74, 6) is 1.10. The van der Waals surface area contributed by atoms with Gasteiger partial charge in [0.25, 0.3) is 5.91 Å². The number of nitrogens with one attached hydrogen (secondary N) is 2. The summed E-state index contributed by atoms with van der Waals surface area (Å²) in [6, 6.07) is 5.89. The van der Waals surface area contributed by atoms with Gasteiger partial charge < -0.3 is 25.8 Å². The summed E-state index contributed by atoms with van der Waals surface area (Å²) in [4.78, 5) is 19.2. The molecule has 3 rings (SSSR count). The molecule has 0 bridgehead atoms. The van der Waals surface area contributed by atoms with E-state index in [2.05, 4.69) is 20.6 Å². The van der Waals surface area contributed by atoms with Crippen molar-refractivity contribution in [3.63, 3.8) is 0 Å². The average molecular weight is 343 g/mol. The Morgan fingerprint density at radius 1 is 1.36 bits per heavy atom. The maximum atomic E-state index is 11.0. The lowest BCUT2D eigenvalue weighted by Crippen LogP contribution is -2.28. The maximum absolute atomic E-state index is 11.0. The lowest BCUT2D eigenvalue weighted by Gasteiger charge is -2.15. The molecule has 25 heavy (non-hydrogen) atoms. The molecule has 0 spiro atoms. The number of carbonyl (C=O) groups is 1. The smallest absolute Gasteiger partial charge is 0.251 e. The van der Waals surface area contributed by atoms with Crippen LogP contribution in [0.1, 0.15) is 23.2 Å². The maximum Gasteiger partial charge on any atom is 0.251 e. The van der Waals surface area contributed by atoms with E-state index in [4.69, 9.17) is 15.2 Å². The second-order valence-electron chi connectivity index (χ2n) is 5.75. The lowest BCUT2D eigenvalue weighted by atomic mass is 10.2. The first kappa shape index (κ1) is 17.0. The summed E-state index contributed by atoms with van der Waals surface area (Å²) < 4.78 is 11.3. The van der Waals surface area contributed by atoms with Gasteiger partial charge in [0.2, 0.25) is 5.95 Å². The Kier molecular flexibility index (Phi) is 5.30. The summed E-state index contributed by atoms with van der Waals surface area (Å²) in [6.07, 6.45) is 5.06. The number of aromatic nitrogens is 2. The molecule has 0 radical (unpaired) electrons. The Balaban J connectivity index is 1.66. The van der Waals surface area contributed by atoms with Gasteiger partial charge in [-0.15, -0.1) is 0 Å². The van der Waals surface area contributed by atoms with Crippen LogP contribution < -0.4 is 25.8 Å². The van der Waals surface area contributed by atoms with Gasteiger partial charge in [-0.2, -0.15) is 0 Å². The molecular formula is C17H21N5O3. The van der Waals surface area contributed by atoms with Gasteiger partial charge in [0.1, 0.15) is 6.61 Å². The first-order valence-corrected chi connectivity index (χ1v) is 8.09. The molecular weight excluding hydrogens is 322 g/mol. The van der Waals surface area contributed by atoms with E-state index in [0.717, 1.165) is 18.7 Å². The number of primary amides is 1. The first-order valence-electron chi connectivity index (χ1n) is 8.09. The lowest BCUT2D eigenvalue weighted by molar-refractivity contribution is 0.0999. The normalized spacial score (nSPS) is 16.4. The molecule has 1 amide bonds. The minimum Gasteiger partial charge on any atom is -0.493 e. The summed E-state index contributed by atoms with van der Waals surface area (Å²) in [5, 5.41) is 6.44. The number of amides is 1. The van der Waals surface area contributed by atoms with Crippen molar-refractivity contribution in [1.29, 1.82) is 0 Å². The number of carbonyl (C=O) groups excluding carboxylic acids is 1. The highest BCUT2D eigenvalue weighted by Gasteiger charge is 2.16. The third-order valence-corrected chi connectivity index (χ3v) is 3.96. The highest BCUT2D eigenvalue weighted by atomic mass is 16.5. The van der Waals surface area contributed by atoms with Gasteiger partial charge in [-0.05, 0) is 31.5 Å². The van der Waals surface area contributed by atoms with Crippen molar-refractivity contribution in [2.45, 2.75) is 18.9 Å². The number of ether oxygens (including phenoxy) is 2. The van der Waals surface area contributed by atoms with Gasteiger partial charge in [0.15, 0.2) is 11.5 Å². The molecule has 1 aromatic heterocycles. The van der Waals surface area contributed by atoms with Crippen molar-refractivity contribution in [2.75, 3.05) is 25.6 Å². The molecule has 1 saturated heterocycles. The third-order valence-electron chi connectivity index (χ3n) is 3.96. The number of hydrogen-bond acceptors (Lipinski definition) is 7. The number of anilines is 2. The van der Waals surface area contributed by atoms with Crippen LogP contribution >= 0.6 is 0 Å². The number of hydrogen-bond donors (Lipinski definition) is 3. The molecule has 0 saturated carbocycles. The van der Waals surface area contributed by atoms with Crippen LogP contribution in [-0.2, 0) is 0 Å². The van der Waals surface area contributed by atoms with Gasteiger partial charge in [-0.3, -0.25) is 4.79 Å². The van der Waals surface area contributed by atoms with Crippen LogP contribution in [0.25, 0.3) is 0 Å².